The number of Topliss-reactive ketones (excluding diaryl/α,β-unsaturated/α-hetero) is 1. The Morgan fingerprint density at radius 3 is 2.35 bits per heavy atom. The fourth-order valence-corrected chi connectivity index (χ4v) is 2.58. The molecule has 0 aromatic heterocycles. The van der Waals surface area contributed by atoms with E-state index >= 15 is 0 Å². The quantitative estimate of drug-likeness (QED) is 0.775. The van der Waals surface area contributed by atoms with Crippen LogP contribution in [0.2, 0.25) is 0 Å². The predicted octanol–water partition coefficient (Wildman–Crippen LogP) is 2.23. The van der Waals surface area contributed by atoms with Crippen LogP contribution >= 0.6 is 0 Å². The number of aliphatic hydroxyl groups excluding tert-OH is 1. The van der Waals surface area contributed by atoms with E-state index in [1.807, 2.05) is 13.8 Å². The summed E-state index contributed by atoms with van der Waals surface area (Å²) in [6.45, 7) is 7.32. The number of carbonyl (C=O) groups is 1. The third-order valence-corrected chi connectivity index (χ3v) is 4.03. The highest BCUT2D eigenvalue weighted by Crippen LogP contribution is 2.26. The van der Waals surface area contributed by atoms with E-state index in [4.69, 9.17) is 0 Å². The van der Waals surface area contributed by atoms with Crippen molar-refractivity contribution in [2.75, 3.05) is 19.7 Å². The molecule has 0 bridgehead atoms. The van der Waals surface area contributed by atoms with Gasteiger partial charge in [0, 0.05) is 24.5 Å². The number of hydrogen-bond donors (Lipinski definition) is 1. The van der Waals surface area contributed by atoms with Gasteiger partial charge in [0.2, 0.25) is 0 Å². The highest BCUT2D eigenvalue weighted by Gasteiger charge is 2.30. The minimum absolute atomic E-state index is 0.185. The standard InChI is InChI=1S/C14H27NO2/c1-12(17)14(2,3)11-15(9-10-16)13-7-5-4-6-8-13/h13,16H,4-11H2,1-3H3. The Bertz CT molecular complexity index is 245. The summed E-state index contributed by atoms with van der Waals surface area (Å²) < 4.78 is 0. The Hall–Kier alpha value is -0.410. The van der Waals surface area contributed by atoms with Gasteiger partial charge in [-0.05, 0) is 19.8 Å². The van der Waals surface area contributed by atoms with Crippen molar-refractivity contribution in [3.8, 4) is 0 Å². The van der Waals surface area contributed by atoms with Crippen molar-refractivity contribution in [2.24, 2.45) is 5.41 Å². The first-order valence-electron chi connectivity index (χ1n) is 6.83. The average Bonchev–Trinajstić information content (AvgIpc) is 2.29. The maximum Gasteiger partial charge on any atom is 0.136 e. The topological polar surface area (TPSA) is 40.5 Å². The van der Waals surface area contributed by atoms with Crippen molar-refractivity contribution in [3.05, 3.63) is 0 Å². The molecule has 0 heterocycles. The molecule has 0 amide bonds. The molecule has 1 fully saturated rings. The van der Waals surface area contributed by atoms with E-state index in [2.05, 4.69) is 4.90 Å². The Balaban J connectivity index is 2.61. The molecular weight excluding hydrogens is 214 g/mol. The van der Waals surface area contributed by atoms with E-state index < -0.39 is 0 Å². The molecule has 1 aliphatic rings. The van der Waals surface area contributed by atoms with Crippen LogP contribution in [0.5, 0.6) is 0 Å². The lowest BCUT2D eigenvalue weighted by molar-refractivity contribution is -0.126. The van der Waals surface area contributed by atoms with E-state index in [0.29, 0.717) is 12.6 Å². The van der Waals surface area contributed by atoms with Crippen LogP contribution in [0.1, 0.15) is 52.9 Å². The largest absolute Gasteiger partial charge is 0.395 e. The van der Waals surface area contributed by atoms with Crippen molar-refractivity contribution in [1.82, 2.24) is 4.90 Å². The van der Waals surface area contributed by atoms with Crippen LogP contribution in [0, 0.1) is 5.41 Å². The molecule has 1 rings (SSSR count). The summed E-state index contributed by atoms with van der Waals surface area (Å²) in [6, 6.07) is 0.564. The first-order chi connectivity index (χ1) is 7.97. The van der Waals surface area contributed by atoms with Crippen LogP contribution in [-0.4, -0.2) is 41.5 Å². The van der Waals surface area contributed by atoms with E-state index in [1.54, 1.807) is 6.92 Å². The van der Waals surface area contributed by atoms with Crippen molar-refractivity contribution in [3.63, 3.8) is 0 Å². The second-order valence-electron chi connectivity index (χ2n) is 5.93. The molecule has 3 nitrogen and oxygen atoms in total. The summed E-state index contributed by atoms with van der Waals surface area (Å²) in [5.74, 6) is 0.233. The van der Waals surface area contributed by atoms with Crippen LogP contribution in [-0.2, 0) is 4.79 Å². The van der Waals surface area contributed by atoms with Gasteiger partial charge in [-0.3, -0.25) is 9.69 Å². The fraction of sp³-hybridized carbons (Fsp3) is 0.929. The predicted molar refractivity (Wildman–Crippen MR) is 70.0 cm³/mol. The third kappa shape index (κ3) is 4.40. The van der Waals surface area contributed by atoms with E-state index in [-0.39, 0.29) is 17.8 Å². The Kier molecular flexibility index (Phi) is 5.60. The number of hydrogen-bond acceptors (Lipinski definition) is 3. The molecule has 3 heteroatoms. The molecule has 0 aromatic carbocycles. The molecule has 1 N–H and O–H groups in total. The van der Waals surface area contributed by atoms with Gasteiger partial charge in [0.05, 0.1) is 6.61 Å². The molecule has 1 saturated carbocycles. The number of carbonyl (C=O) groups excluding carboxylic acids is 1. The Labute approximate surface area is 105 Å². The SMILES string of the molecule is CC(=O)C(C)(C)CN(CCO)C1CCCCC1. The average molecular weight is 241 g/mol. The molecule has 0 unspecified atom stereocenters. The zero-order chi connectivity index (χ0) is 12.9. The van der Waals surface area contributed by atoms with Crippen LogP contribution in [0.3, 0.4) is 0 Å². The molecule has 1 aliphatic carbocycles. The number of aliphatic hydroxyl groups is 1. The van der Waals surface area contributed by atoms with Crippen LogP contribution < -0.4 is 0 Å². The summed E-state index contributed by atoms with van der Waals surface area (Å²) in [5.41, 5.74) is -0.299. The minimum atomic E-state index is -0.299. The fourth-order valence-electron chi connectivity index (χ4n) is 2.58. The second-order valence-corrected chi connectivity index (χ2v) is 5.93. The summed E-state index contributed by atoms with van der Waals surface area (Å²) in [4.78, 5) is 13.9. The summed E-state index contributed by atoms with van der Waals surface area (Å²) >= 11 is 0. The minimum Gasteiger partial charge on any atom is -0.395 e. The number of nitrogens with zero attached hydrogens (tertiary/aromatic N) is 1. The molecule has 0 aliphatic heterocycles. The van der Waals surface area contributed by atoms with Gasteiger partial charge in [-0.2, -0.15) is 0 Å². The molecule has 17 heavy (non-hydrogen) atoms. The van der Waals surface area contributed by atoms with Gasteiger partial charge in [0.25, 0.3) is 0 Å². The lowest BCUT2D eigenvalue weighted by Gasteiger charge is -2.38. The highest BCUT2D eigenvalue weighted by atomic mass is 16.3. The van der Waals surface area contributed by atoms with Crippen LogP contribution in [0.25, 0.3) is 0 Å². The molecule has 0 aromatic rings. The summed E-state index contributed by atoms with van der Waals surface area (Å²) in [6.07, 6.45) is 6.34. The van der Waals surface area contributed by atoms with Gasteiger partial charge in [0.15, 0.2) is 0 Å². The van der Waals surface area contributed by atoms with E-state index in [1.165, 1.54) is 32.1 Å². The van der Waals surface area contributed by atoms with Crippen LogP contribution in [0.4, 0.5) is 0 Å². The maximum absolute atomic E-state index is 11.6. The normalized spacial score (nSPS) is 18.6. The molecule has 0 radical (unpaired) electrons. The van der Waals surface area contributed by atoms with Gasteiger partial charge in [-0.15, -0.1) is 0 Å². The van der Waals surface area contributed by atoms with Crippen molar-refractivity contribution >= 4 is 5.78 Å². The zero-order valence-corrected chi connectivity index (χ0v) is 11.5. The Morgan fingerprint density at radius 1 is 1.29 bits per heavy atom. The van der Waals surface area contributed by atoms with Gasteiger partial charge < -0.3 is 5.11 Å². The van der Waals surface area contributed by atoms with Gasteiger partial charge in [-0.25, -0.2) is 0 Å². The molecule has 0 saturated heterocycles. The molecule has 0 atom stereocenters. The first-order valence-corrected chi connectivity index (χ1v) is 6.83. The molecule has 0 spiro atoms. The lowest BCUT2D eigenvalue weighted by atomic mass is 9.86. The van der Waals surface area contributed by atoms with Crippen LogP contribution in [0.15, 0.2) is 0 Å². The number of ketones is 1. The Morgan fingerprint density at radius 2 is 1.88 bits per heavy atom. The molecular formula is C14H27NO2. The second kappa shape index (κ2) is 6.50. The van der Waals surface area contributed by atoms with Crippen molar-refractivity contribution in [2.45, 2.75) is 58.9 Å². The first kappa shape index (κ1) is 14.7. The third-order valence-electron chi connectivity index (χ3n) is 4.03. The van der Waals surface area contributed by atoms with Crippen molar-refractivity contribution in [1.29, 1.82) is 0 Å². The highest BCUT2D eigenvalue weighted by molar-refractivity contribution is 5.81. The zero-order valence-electron chi connectivity index (χ0n) is 11.5. The number of rotatable bonds is 6. The van der Waals surface area contributed by atoms with E-state index in [0.717, 1.165) is 6.54 Å². The van der Waals surface area contributed by atoms with Gasteiger partial charge >= 0.3 is 0 Å². The van der Waals surface area contributed by atoms with Gasteiger partial charge in [0.1, 0.15) is 5.78 Å². The van der Waals surface area contributed by atoms with Gasteiger partial charge in [-0.1, -0.05) is 33.1 Å². The smallest absolute Gasteiger partial charge is 0.136 e. The lowest BCUT2D eigenvalue weighted by Crippen LogP contribution is -2.46. The monoisotopic (exact) mass is 241 g/mol. The van der Waals surface area contributed by atoms with Crippen molar-refractivity contribution < 1.29 is 9.90 Å². The summed E-state index contributed by atoms with van der Waals surface area (Å²) in [5, 5.41) is 9.18. The maximum atomic E-state index is 11.6. The van der Waals surface area contributed by atoms with E-state index in [9.17, 15) is 9.90 Å². The summed E-state index contributed by atoms with van der Waals surface area (Å²) in [7, 11) is 0. The molecule has 100 valence electrons.